The van der Waals surface area contributed by atoms with E-state index < -0.39 is 0 Å². The predicted octanol–water partition coefficient (Wildman–Crippen LogP) is 4.40. The second-order valence-electron chi connectivity index (χ2n) is 5.05. The Hall–Kier alpha value is -2.29. The number of nitrogens with one attached hydrogen (secondary N) is 1. The van der Waals surface area contributed by atoms with E-state index in [1.165, 1.54) is 5.56 Å². The third-order valence-corrected chi connectivity index (χ3v) is 3.06. The fourth-order valence-corrected chi connectivity index (χ4v) is 1.95. The van der Waals surface area contributed by atoms with Gasteiger partial charge in [-0.3, -0.25) is 4.79 Å². The van der Waals surface area contributed by atoms with Gasteiger partial charge in [0, 0.05) is 17.5 Å². The summed E-state index contributed by atoms with van der Waals surface area (Å²) in [4.78, 5) is 12.0. The number of furan rings is 1. The standard InChI is InChI=1S/C17H19NO2/c1-11-5-6-12(2)15(9-11)18-13(3)10-16(19)17-8-7-14(4)20-17/h5-10,18H,1-4H3/b13-10+. The lowest BCUT2D eigenvalue weighted by Gasteiger charge is -2.10. The lowest BCUT2D eigenvalue weighted by Crippen LogP contribution is -2.02. The topological polar surface area (TPSA) is 42.2 Å². The Kier molecular flexibility index (Phi) is 4.08. The van der Waals surface area contributed by atoms with Crippen molar-refractivity contribution >= 4 is 11.5 Å². The molecule has 1 heterocycles. The summed E-state index contributed by atoms with van der Waals surface area (Å²) in [5.41, 5.74) is 4.13. The summed E-state index contributed by atoms with van der Waals surface area (Å²) >= 11 is 0. The fourth-order valence-electron chi connectivity index (χ4n) is 1.95. The third kappa shape index (κ3) is 3.38. The van der Waals surface area contributed by atoms with Crippen LogP contribution in [0.1, 0.15) is 34.4 Å². The molecule has 104 valence electrons. The largest absolute Gasteiger partial charge is 0.458 e. The molecule has 1 aromatic heterocycles. The predicted molar refractivity (Wildman–Crippen MR) is 81.1 cm³/mol. The number of anilines is 1. The molecule has 0 atom stereocenters. The number of hydrogen-bond acceptors (Lipinski definition) is 3. The summed E-state index contributed by atoms with van der Waals surface area (Å²) in [6.07, 6.45) is 1.56. The first-order valence-electron chi connectivity index (χ1n) is 6.59. The SMILES string of the molecule is C/C(=C\C(=O)c1ccc(C)o1)Nc1cc(C)ccc1C. The number of benzene rings is 1. The van der Waals surface area contributed by atoms with Crippen molar-refractivity contribution in [2.75, 3.05) is 5.32 Å². The summed E-state index contributed by atoms with van der Waals surface area (Å²) in [5.74, 6) is 0.972. The Balaban J connectivity index is 2.15. The van der Waals surface area contributed by atoms with Crippen LogP contribution in [0.4, 0.5) is 5.69 Å². The van der Waals surface area contributed by atoms with Crippen LogP contribution < -0.4 is 5.32 Å². The monoisotopic (exact) mass is 269 g/mol. The van der Waals surface area contributed by atoms with Crippen molar-refractivity contribution in [3.05, 3.63) is 64.8 Å². The molecular formula is C17H19NO2. The molecule has 2 rings (SSSR count). The van der Waals surface area contributed by atoms with E-state index in [0.29, 0.717) is 5.76 Å². The second-order valence-corrected chi connectivity index (χ2v) is 5.05. The van der Waals surface area contributed by atoms with Crippen LogP contribution in [-0.4, -0.2) is 5.78 Å². The molecule has 0 saturated heterocycles. The van der Waals surface area contributed by atoms with Gasteiger partial charge in [-0.2, -0.15) is 0 Å². The van der Waals surface area contributed by atoms with Gasteiger partial charge >= 0.3 is 0 Å². The maximum absolute atomic E-state index is 12.0. The van der Waals surface area contributed by atoms with E-state index in [-0.39, 0.29) is 5.78 Å². The van der Waals surface area contributed by atoms with Gasteiger partial charge in [0.1, 0.15) is 5.76 Å². The number of allylic oxidation sites excluding steroid dienone is 2. The Morgan fingerprint density at radius 2 is 1.90 bits per heavy atom. The van der Waals surface area contributed by atoms with Gasteiger partial charge in [-0.1, -0.05) is 12.1 Å². The van der Waals surface area contributed by atoms with Gasteiger partial charge in [0.15, 0.2) is 5.76 Å². The van der Waals surface area contributed by atoms with Crippen LogP contribution in [0.15, 0.2) is 46.5 Å². The smallest absolute Gasteiger partial charge is 0.222 e. The van der Waals surface area contributed by atoms with Crippen LogP contribution in [0.25, 0.3) is 0 Å². The Bertz CT molecular complexity index is 665. The molecule has 0 spiro atoms. The summed E-state index contributed by atoms with van der Waals surface area (Å²) in [6.45, 7) is 7.77. The van der Waals surface area contributed by atoms with Crippen LogP contribution >= 0.6 is 0 Å². The summed E-state index contributed by atoms with van der Waals surface area (Å²) in [6, 6.07) is 9.67. The second kappa shape index (κ2) is 5.78. The zero-order chi connectivity index (χ0) is 14.7. The van der Waals surface area contributed by atoms with Gasteiger partial charge in [0.25, 0.3) is 0 Å². The van der Waals surface area contributed by atoms with E-state index in [1.807, 2.05) is 27.7 Å². The molecule has 20 heavy (non-hydrogen) atoms. The average Bonchev–Trinajstić information content (AvgIpc) is 2.80. The van der Waals surface area contributed by atoms with E-state index in [1.54, 1.807) is 18.2 Å². The Labute approximate surface area is 119 Å². The number of hydrogen-bond donors (Lipinski definition) is 1. The van der Waals surface area contributed by atoms with Gasteiger partial charge in [-0.05, 0) is 57.0 Å². The summed E-state index contributed by atoms with van der Waals surface area (Å²) in [5, 5.41) is 3.26. The van der Waals surface area contributed by atoms with E-state index in [9.17, 15) is 4.79 Å². The summed E-state index contributed by atoms with van der Waals surface area (Å²) < 4.78 is 5.32. The number of rotatable bonds is 4. The summed E-state index contributed by atoms with van der Waals surface area (Å²) in [7, 11) is 0. The van der Waals surface area contributed by atoms with Crippen molar-refractivity contribution < 1.29 is 9.21 Å². The molecular weight excluding hydrogens is 250 g/mol. The van der Waals surface area contributed by atoms with E-state index in [0.717, 1.165) is 22.7 Å². The van der Waals surface area contributed by atoms with Gasteiger partial charge in [0.05, 0.1) is 0 Å². The lowest BCUT2D eigenvalue weighted by molar-refractivity contribution is 0.102. The molecule has 3 heteroatoms. The van der Waals surface area contributed by atoms with Gasteiger partial charge in [-0.25, -0.2) is 0 Å². The van der Waals surface area contributed by atoms with Gasteiger partial charge < -0.3 is 9.73 Å². The van der Waals surface area contributed by atoms with Crippen molar-refractivity contribution in [3.8, 4) is 0 Å². The number of carbonyl (C=O) groups is 1. The molecule has 0 aliphatic heterocycles. The van der Waals surface area contributed by atoms with Crippen LogP contribution in [0, 0.1) is 20.8 Å². The molecule has 0 fully saturated rings. The highest BCUT2D eigenvalue weighted by atomic mass is 16.3. The zero-order valence-corrected chi connectivity index (χ0v) is 12.3. The highest BCUT2D eigenvalue weighted by Crippen LogP contribution is 2.18. The highest BCUT2D eigenvalue weighted by molar-refractivity contribution is 6.03. The first kappa shape index (κ1) is 14.1. The van der Waals surface area contributed by atoms with E-state index >= 15 is 0 Å². The minimum Gasteiger partial charge on any atom is -0.458 e. The van der Waals surface area contributed by atoms with Gasteiger partial charge in [0.2, 0.25) is 5.78 Å². The third-order valence-electron chi connectivity index (χ3n) is 3.06. The molecule has 0 amide bonds. The lowest BCUT2D eigenvalue weighted by atomic mass is 10.1. The number of aryl methyl sites for hydroxylation is 3. The maximum atomic E-state index is 12.0. The molecule has 2 aromatic rings. The van der Waals surface area contributed by atoms with Crippen molar-refractivity contribution in [1.82, 2.24) is 0 Å². The van der Waals surface area contributed by atoms with E-state index in [4.69, 9.17) is 4.42 Å². The zero-order valence-electron chi connectivity index (χ0n) is 12.3. The van der Waals surface area contributed by atoms with Crippen molar-refractivity contribution in [2.24, 2.45) is 0 Å². The van der Waals surface area contributed by atoms with Crippen LogP contribution in [0.3, 0.4) is 0 Å². The van der Waals surface area contributed by atoms with E-state index in [2.05, 4.69) is 23.5 Å². The molecule has 0 radical (unpaired) electrons. The highest BCUT2D eigenvalue weighted by Gasteiger charge is 2.08. The minimum absolute atomic E-state index is 0.131. The van der Waals surface area contributed by atoms with Crippen LogP contribution in [-0.2, 0) is 0 Å². The van der Waals surface area contributed by atoms with Gasteiger partial charge in [-0.15, -0.1) is 0 Å². The quantitative estimate of drug-likeness (QED) is 0.660. The first-order valence-corrected chi connectivity index (χ1v) is 6.59. The molecule has 1 aromatic carbocycles. The molecule has 1 N–H and O–H groups in total. The minimum atomic E-state index is -0.131. The number of carbonyl (C=O) groups excluding carboxylic acids is 1. The Morgan fingerprint density at radius 3 is 2.55 bits per heavy atom. The molecule has 0 aliphatic rings. The molecule has 0 bridgehead atoms. The molecule has 0 unspecified atom stereocenters. The van der Waals surface area contributed by atoms with Crippen LogP contribution in [0.5, 0.6) is 0 Å². The Morgan fingerprint density at radius 1 is 1.15 bits per heavy atom. The van der Waals surface area contributed by atoms with Crippen molar-refractivity contribution in [2.45, 2.75) is 27.7 Å². The van der Waals surface area contributed by atoms with Crippen molar-refractivity contribution in [3.63, 3.8) is 0 Å². The molecule has 3 nitrogen and oxygen atoms in total. The molecule has 0 aliphatic carbocycles. The number of ketones is 1. The van der Waals surface area contributed by atoms with Crippen molar-refractivity contribution in [1.29, 1.82) is 0 Å². The normalized spacial score (nSPS) is 11.5. The molecule has 0 saturated carbocycles. The van der Waals surface area contributed by atoms with Crippen LogP contribution in [0.2, 0.25) is 0 Å². The average molecular weight is 269 g/mol. The fraction of sp³-hybridized carbons (Fsp3) is 0.235. The first-order chi connectivity index (χ1) is 9.45. The maximum Gasteiger partial charge on any atom is 0.222 e.